The van der Waals surface area contributed by atoms with E-state index in [-0.39, 0.29) is 6.09 Å². The van der Waals surface area contributed by atoms with Crippen molar-refractivity contribution in [3.05, 3.63) is 16.1 Å². The van der Waals surface area contributed by atoms with Gasteiger partial charge in [0.2, 0.25) is 0 Å². The molecule has 2 aliphatic heterocycles. The van der Waals surface area contributed by atoms with Gasteiger partial charge in [-0.05, 0) is 32.2 Å². The highest BCUT2D eigenvalue weighted by molar-refractivity contribution is 7.09. The third kappa shape index (κ3) is 4.96. The molecule has 0 bridgehead atoms. The molecule has 0 aromatic carbocycles. The van der Waals surface area contributed by atoms with E-state index in [0.29, 0.717) is 18.6 Å². The molecule has 0 aliphatic carbocycles. The van der Waals surface area contributed by atoms with E-state index in [1.54, 1.807) is 11.3 Å². The van der Waals surface area contributed by atoms with E-state index >= 15 is 0 Å². The predicted molar refractivity (Wildman–Crippen MR) is 105 cm³/mol. The van der Waals surface area contributed by atoms with Crippen molar-refractivity contribution in [2.75, 3.05) is 45.9 Å². The number of ether oxygens (including phenoxy) is 1. The van der Waals surface area contributed by atoms with Gasteiger partial charge in [-0.25, -0.2) is 9.78 Å². The van der Waals surface area contributed by atoms with E-state index in [1.807, 2.05) is 11.8 Å². The topological polar surface area (TPSA) is 48.9 Å². The van der Waals surface area contributed by atoms with Gasteiger partial charge in [0.15, 0.2) is 0 Å². The smallest absolute Gasteiger partial charge is 0.409 e. The molecule has 0 radical (unpaired) electrons. The zero-order valence-corrected chi connectivity index (χ0v) is 17.1. The zero-order valence-electron chi connectivity index (χ0n) is 16.3. The summed E-state index contributed by atoms with van der Waals surface area (Å²) in [7, 11) is 0. The Bertz CT molecular complexity index is 584. The van der Waals surface area contributed by atoms with E-state index in [4.69, 9.17) is 9.72 Å². The number of carbonyl (C=O) groups is 1. The lowest BCUT2D eigenvalue weighted by atomic mass is 10.0. The monoisotopic (exact) mass is 380 g/mol. The van der Waals surface area contributed by atoms with Crippen molar-refractivity contribution < 1.29 is 9.53 Å². The second kappa shape index (κ2) is 9.15. The Morgan fingerprint density at radius 1 is 1.31 bits per heavy atom. The van der Waals surface area contributed by atoms with E-state index in [0.717, 1.165) is 45.8 Å². The summed E-state index contributed by atoms with van der Waals surface area (Å²) in [6.07, 6.45) is 2.33. The van der Waals surface area contributed by atoms with Gasteiger partial charge in [0, 0.05) is 44.1 Å². The minimum absolute atomic E-state index is 0.165. The first-order valence-electron chi connectivity index (χ1n) is 9.89. The Morgan fingerprint density at radius 3 is 2.73 bits per heavy atom. The molecule has 0 saturated carbocycles. The van der Waals surface area contributed by atoms with Crippen LogP contribution in [0.25, 0.3) is 0 Å². The molecule has 0 N–H and O–H groups in total. The summed E-state index contributed by atoms with van der Waals surface area (Å²) >= 11 is 1.79. The number of hydrogen-bond donors (Lipinski definition) is 0. The van der Waals surface area contributed by atoms with Crippen molar-refractivity contribution in [2.45, 2.75) is 52.1 Å². The van der Waals surface area contributed by atoms with Crippen LogP contribution in [0.5, 0.6) is 0 Å². The molecule has 3 rings (SSSR count). The van der Waals surface area contributed by atoms with Gasteiger partial charge in [-0.1, -0.05) is 13.8 Å². The maximum absolute atomic E-state index is 11.9. The van der Waals surface area contributed by atoms with Gasteiger partial charge in [0.1, 0.15) is 5.01 Å². The van der Waals surface area contributed by atoms with Crippen LogP contribution >= 0.6 is 11.3 Å². The van der Waals surface area contributed by atoms with Crippen molar-refractivity contribution in [2.24, 2.45) is 0 Å². The fraction of sp³-hybridized carbons (Fsp3) is 0.789. The number of carbonyl (C=O) groups excluding carboxylic acids is 1. The molecule has 0 spiro atoms. The number of piperidine rings is 1. The molecule has 146 valence electrons. The van der Waals surface area contributed by atoms with Crippen LogP contribution in [0.2, 0.25) is 0 Å². The Hall–Kier alpha value is -1.18. The van der Waals surface area contributed by atoms with Gasteiger partial charge in [-0.3, -0.25) is 9.80 Å². The molecule has 2 aliphatic rings. The van der Waals surface area contributed by atoms with Crippen molar-refractivity contribution in [3.63, 3.8) is 0 Å². The van der Waals surface area contributed by atoms with Crippen molar-refractivity contribution in [1.29, 1.82) is 0 Å². The first kappa shape index (κ1) is 19.6. The number of nitrogens with zero attached hydrogens (tertiary/aromatic N) is 4. The van der Waals surface area contributed by atoms with Gasteiger partial charge < -0.3 is 9.64 Å². The van der Waals surface area contributed by atoms with E-state index in [1.165, 1.54) is 23.5 Å². The number of hydrogen-bond acceptors (Lipinski definition) is 6. The van der Waals surface area contributed by atoms with Crippen LogP contribution in [0.3, 0.4) is 0 Å². The summed E-state index contributed by atoms with van der Waals surface area (Å²) in [5.41, 5.74) is 1.22. The number of likely N-dealkylation sites (tertiary alicyclic amines) is 1. The summed E-state index contributed by atoms with van der Waals surface area (Å²) in [6, 6.07) is 0.595. The molecule has 2 saturated heterocycles. The Morgan fingerprint density at radius 2 is 2.08 bits per heavy atom. The minimum Gasteiger partial charge on any atom is -0.450 e. The SMILES string of the molecule is CCOC(=O)N1CCN([C@H]2CCCN(Cc3nc(C(C)C)cs3)C2)CC1. The summed E-state index contributed by atoms with van der Waals surface area (Å²) < 4.78 is 5.12. The largest absolute Gasteiger partial charge is 0.450 e. The van der Waals surface area contributed by atoms with Gasteiger partial charge in [-0.15, -0.1) is 11.3 Å². The molecular weight excluding hydrogens is 348 g/mol. The van der Waals surface area contributed by atoms with Gasteiger partial charge in [-0.2, -0.15) is 0 Å². The molecule has 6 nitrogen and oxygen atoms in total. The molecule has 1 atom stereocenters. The summed E-state index contributed by atoms with van der Waals surface area (Å²) in [5.74, 6) is 0.504. The molecule has 3 heterocycles. The first-order valence-corrected chi connectivity index (χ1v) is 10.8. The summed E-state index contributed by atoms with van der Waals surface area (Å²) in [4.78, 5) is 23.6. The molecule has 1 aromatic rings. The first-order chi connectivity index (χ1) is 12.6. The van der Waals surface area contributed by atoms with E-state index in [9.17, 15) is 4.79 Å². The lowest BCUT2D eigenvalue weighted by Gasteiger charge is -2.43. The van der Waals surface area contributed by atoms with Crippen LogP contribution < -0.4 is 0 Å². The van der Waals surface area contributed by atoms with Gasteiger partial charge in [0.05, 0.1) is 18.8 Å². The molecule has 7 heteroatoms. The average molecular weight is 381 g/mol. The highest BCUT2D eigenvalue weighted by Crippen LogP contribution is 2.23. The second-order valence-corrected chi connectivity index (χ2v) is 8.52. The number of amides is 1. The molecular formula is C19H32N4O2S. The van der Waals surface area contributed by atoms with E-state index < -0.39 is 0 Å². The number of aromatic nitrogens is 1. The fourth-order valence-corrected chi connectivity index (χ4v) is 4.81. The lowest BCUT2D eigenvalue weighted by Crippen LogP contribution is -2.55. The van der Waals surface area contributed by atoms with Gasteiger partial charge in [0.25, 0.3) is 0 Å². The number of piperazine rings is 1. The fourth-order valence-electron chi connectivity index (χ4n) is 3.81. The van der Waals surface area contributed by atoms with Crippen LogP contribution in [-0.4, -0.2) is 77.7 Å². The van der Waals surface area contributed by atoms with Crippen LogP contribution in [0.1, 0.15) is 50.2 Å². The predicted octanol–water partition coefficient (Wildman–Crippen LogP) is 3.01. The molecule has 1 amide bonds. The maximum Gasteiger partial charge on any atom is 0.409 e. The van der Waals surface area contributed by atoms with Gasteiger partial charge >= 0.3 is 6.09 Å². The normalized spacial score (nSPS) is 22.8. The quantitative estimate of drug-likeness (QED) is 0.786. The second-order valence-electron chi connectivity index (χ2n) is 7.57. The molecule has 2 fully saturated rings. The number of thiazole rings is 1. The highest BCUT2D eigenvalue weighted by atomic mass is 32.1. The Labute approximate surface area is 161 Å². The number of rotatable bonds is 5. The standard InChI is InChI=1S/C19H32N4O2S/c1-4-25-19(24)23-10-8-22(9-11-23)16-6-5-7-21(12-16)13-18-20-17(14-26-18)15(2)3/h14-16H,4-13H2,1-3H3/t16-/m0/s1. The maximum atomic E-state index is 11.9. The third-order valence-electron chi connectivity index (χ3n) is 5.36. The van der Waals surface area contributed by atoms with Crippen LogP contribution in [0.4, 0.5) is 4.79 Å². The average Bonchev–Trinajstić information content (AvgIpc) is 3.11. The Balaban J connectivity index is 1.48. The summed E-state index contributed by atoms with van der Waals surface area (Å²) in [5, 5.41) is 3.44. The minimum atomic E-state index is -0.165. The highest BCUT2D eigenvalue weighted by Gasteiger charge is 2.30. The lowest BCUT2D eigenvalue weighted by molar-refractivity contribution is 0.0412. The third-order valence-corrected chi connectivity index (χ3v) is 6.21. The molecule has 26 heavy (non-hydrogen) atoms. The van der Waals surface area contributed by atoms with Crippen LogP contribution in [0.15, 0.2) is 5.38 Å². The van der Waals surface area contributed by atoms with Crippen LogP contribution in [0, 0.1) is 0 Å². The van der Waals surface area contributed by atoms with Crippen LogP contribution in [-0.2, 0) is 11.3 Å². The van der Waals surface area contributed by atoms with Crippen molar-refractivity contribution in [3.8, 4) is 0 Å². The zero-order chi connectivity index (χ0) is 18.5. The van der Waals surface area contributed by atoms with E-state index in [2.05, 4.69) is 29.0 Å². The molecule has 0 unspecified atom stereocenters. The van der Waals surface area contributed by atoms with Crippen molar-refractivity contribution in [1.82, 2.24) is 19.7 Å². The molecule has 1 aromatic heterocycles. The summed E-state index contributed by atoms with van der Waals surface area (Å²) in [6.45, 7) is 13.4. The van der Waals surface area contributed by atoms with Crippen molar-refractivity contribution >= 4 is 17.4 Å². The Kier molecular flexibility index (Phi) is 6.89.